The normalized spacial score (nSPS) is 18.2. The molecule has 0 amide bonds. The van der Waals surface area contributed by atoms with E-state index in [2.05, 4.69) is 17.3 Å². The Morgan fingerprint density at radius 1 is 1.38 bits per heavy atom. The third kappa shape index (κ3) is 4.05. The van der Waals surface area contributed by atoms with Gasteiger partial charge in [0.1, 0.15) is 4.90 Å². The molecule has 2 rings (SSSR count). The number of nitrogens with zero attached hydrogens (tertiary/aromatic N) is 3. The highest BCUT2D eigenvalue weighted by atomic mass is 32.2. The molecule has 1 aromatic heterocycles. The van der Waals surface area contributed by atoms with Crippen molar-refractivity contribution in [2.75, 3.05) is 26.7 Å². The van der Waals surface area contributed by atoms with E-state index in [1.54, 1.807) is 15.2 Å². The minimum absolute atomic E-state index is 0.313. The van der Waals surface area contributed by atoms with Crippen molar-refractivity contribution in [3.8, 4) is 0 Å². The average molecular weight is 314 g/mol. The molecule has 2 heterocycles. The van der Waals surface area contributed by atoms with Crippen LogP contribution in [0.5, 0.6) is 0 Å². The highest BCUT2D eigenvalue weighted by Gasteiger charge is 2.29. The summed E-state index contributed by atoms with van der Waals surface area (Å²) in [7, 11) is -1.51. The summed E-state index contributed by atoms with van der Waals surface area (Å²) in [6, 6.07) is 0. The van der Waals surface area contributed by atoms with Gasteiger partial charge in [0, 0.05) is 25.8 Å². The molecule has 6 nitrogen and oxygen atoms in total. The molecule has 0 atom stereocenters. The van der Waals surface area contributed by atoms with Gasteiger partial charge in [-0.05, 0) is 25.8 Å². The van der Waals surface area contributed by atoms with Crippen LogP contribution < -0.4 is 5.32 Å². The van der Waals surface area contributed by atoms with Gasteiger partial charge in [-0.25, -0.2) is 8.42 Å². The molecular formula is C14H26N4O2S. The summed E-state index contributed by atoms with van der Waals surface area (Å²) in [5, 5.41) is 7.15. The minimum atomic E-state index is -3.38. The summed E-state index contributed by atoms with van der Waals surface area (Å²) >= 11 is 0. The topological polar surface area (TPSA) is 67.2 Å². The lowest BCUT2D eigenvalue weighted by atomic mass is 9.94. The number of hydrogen-bond donors (Lipinski definition) is 1. The number of sulfonamides is 1. The molecule has 7 heteroatoms. The first-order chi connectivity index (χ1) is 10.1. The second kappa shape index (κ2) is 7.38. The van der Waals surface area contributed by atoms with E-state index < -0.39 is 10.0 Å². The maximum Gasteiger partial charge on any atom is 0.246 e. The van der Waals surface area contributed by atoms with Crippen LogP contribution in [-0.2, 0) is 16.6 Å². The fourth-order valence-corrected chi connectivity index (χ4v) is 4.25. The Hall–Kier alpha value is -0.920. The van der Waals surface area contributed by atoms with Crippen LogP contribution in [0.15, 0.2) is 17.3 Å². The van der Waals surface area contributed by atoms with E-state index in [4.69, 9.17) is 0 Å². The lowest BCUT2D eigenvalue weighted by Crippen LogP contribution is -2.38. The lowest BCUT2D eigenvalue weighted by molar-refractivity contribution is 0.262. The zero-order chi connectivity index (χ0) is 15.3. The van der Waals surface area contributed by atoms with Crippen LogP contribution in [0.3, 0.4) is 0 Å². The van der Waals surface area contributed by atoms with Crippen molar-refractivity contribution in [2.45, 2.75) is 44.0 Å². The van der Waals surface area contributed by atoms with Crippen molar-refractivity contribution < 1.29 is 8.42 Å². The summed E-state index contributed by atoms with van der Waals surface area (Å²) in [6.45, 7) is 4.89. The molecular weight excluding hydrogens is 288 g/mol. The molecule has 0 aliphatic carbocycles. The standard InChI is InChI=1S/C14H26N4O2S/c1-3-4-13-5-8-18(9-6-13)21(19,20)14-11-16-17(12-14)10-7-15-2/h11-13,15H,3-10H2,1-2H3. The molecule has 1 fully saturated rings. The molecule has 0 radical (unpaired) electrons. The molecule has 0 aromatic carbocycles. The molecule has 0 saturated carbocycles. The Morgan fingerprint density at radius 2 is 2.10 bits per heavy atom. The zero-order valence-electron chi connectivity index (χ0n) is 13.0. The Morgan fingerprint density at radius 3 is 2.71 bits per heavy atom. The van der Waals surface area contributed by atoms with Crippen molar-refractivity contribution in [1.29, 1.82) is 0 Å². The molecule has 1 aliphatic heterocycles. The third-order valence-electron chi connectivity index (χ3n) is 4.11. The van der Waals surface area contributed by atoms with Gasteiger partial charge in [-0.15, -0.1) is 0 Å². The van der Waals surface area contributed by atoms with Crippen LogP contribution in [0.1, 0.15) is 32.6 Å². The van der Waals surface area contributed by atoms with Crippen LogP contribution in [0.25, 0.3) is 0 Å². The predicted octanol–water partition coefficient (Wildman–Crippen LogP) is 1.30. The van der Waals surface area contributed by atoms with E-state index in [0.29, 0.717) is 30.4 Å². The van der Waals surface area contributed by atoms with E-state index in [1.165, 1.54) is 19.0 Å². The fourth-order valence-electron chi connectivity index (χ4n) is 2.82. The molecule has 0 spiro atoms. The van der Waals surface area contributed by atoms with E-state index in [0.717, 1.165) is 19.4 Å². The van der Waals surface area contributed by atoms with Crippen LogP contribution in [0.2, 0.25) is 0 Å². The van der Waals surface area contributed by atoms with Gasteiger partial charge >= 0.3 is 0 Å². The third-order valence-corrected chi connectivity index (χ3v) is 5.96. The number of aromatic nitrogens is 2. The summed E-state index contributed by atoms with van der Waals surface area (Å²) in [6.07, 6.45) is 7.42. The van der Waals surface area contributed by atoms with Gasteiger partial charge < -0.3 is 5.32 Å². The van der Waals surface area contributed by atoms with Gasteiger partial charge in [-0.1, -0.05) is 19.8 Å². The van der Waals surface area contributed by atoms with Crippen molar-refractivity contribution in [2.24, 2.45) is 5.92 Å². The SMILES string of the molecule is CCCC1CCN(S(=O)(=O)c2cnn(CCNC)c2)CC1. The maximum absolute atomic E-state index is 12.6. The average Bonchev–Trinajstić information content (AvgIpc) is 2.96. The number of piperidine rings is 1. The summed E-state index contributed by atoms with van der Waals surface area (Å²) in [4.78, 5) is 0.313. The monoisotopic (exact) mass is 314 g/mol. The molecule has 0 bridgehead atoms. The van der Waals surface area contributed by atoms with Crippen molar-refractivity contribution in [3.63, 3.8) is 0 Å². The molecule has 120 valence electrons. The second-order valence-electron chi connectivity index (χ2n) is 5.68. The molecule has 1 saturated heterocycles. The molecule has 21 heavy (non-hydrogen) atoms. The summed E-state index contributed by atoms with van der Waals surface area (Å²) in [5.41, 5.74) is 0. The minimum Gasteiger partial charge on any atom is -0.318 e. The number of nitrogens with one attached hydrogen (secondary N) is 1. The van der Waals surface area contributed by atoms with Crippen LogP contribution in [0.4, 0.5) is 0 Å². The zero-order valence-corrected chi connectivity index (χ0v) is 13.8. The van der Waals surface area contributed by atoms with E-state index in [-0.39, 0.29) is 0 Å². The van der Waals surface area contributed by atoms with Gasteiger partial charge in [0.25, 0.3) is 0 Å². The number of rotatable bonds is 7. The molecule has 1 aromatic rings. The van der Waals surface area contributed by atoms with Gasteiger partial charge in [-0.3, -0.25) is 4.68 Å². The van der Waals surface area contributed by atoms with Crippen molar-refractivity contribution in [1.82, 2.24) is 19.4 Å². The second-order valence-corrected chi connectivity index (χ2v) is 7.62. The Balaban J connectivity index is 2.00. The highest BCUT2D eigenvalue weighted by molar-refractivity contribution is 7.89. The Bertz CT molecular complexity index is 533. The first kappa shape index (κ1) is 16.5. The van der Waals surface area contributed by atoms with Crippen LogP contribution in [-0.4, -0.2) is 49.2 Å². The first-order valence-electron chi connectivity index (χ1n) is 7.75. The van der Waals surface area contributed by atoms with Gasteiger partial charge in [0.05, 0.1) is 12.7 Å². The van der Waals surface area contributed by atoms with Crippen LogP contribution >= 0.6 is 0 Å². The van der Waals surface area contributed by atoms with E-state index >= 15 is 0 Å². The summed E-state index contributed by atoms with van der Waals surface area (Å²) in [5.74, 6) is 0.680. The number of likely N-dealkylation sites (N-methyl/N-ethyl adjacent to an activating group) is 1. The highest BCUT2D eigenvalue weighted by Crippen LogP contribution is 2.26. The fraction of sp³-hybridized carbons (Fsp3) is 0.786. The Labute approximate surface area is 127 Å². The smallest absolute Gasteiger partial charge is 0.246 e. The van der Waals surface area contributed by atoms with Crippen molar-refractivity contribution >= 4 is 10.0 Å². The van der Waals surface area contributed by atoms with Gasteiger partial charge in [-0.2, -0.15) is 9.40 Å². The number of hydrogen-bond acceptors (Lipinski definition) is 4. The molecule has 1 N–H and O–H groups in total. The van der Waals surface area contributed by atoms with E-state index in [9.17, 15) is 8.42 Å². The largest absolute Gasteiger partial charge is 0.318 e. The van der Waals surface area contributed by atoms with Crippen LogP contribution in [0, 0.1) is 5.92 Å². The van der Waals surface area contributed by atoms with Gasteiger partial charge in [0.15, 0.2) is 0 Å². The quantitative estimate of drug-likeness (QED) is 0.824. The molecule has 0 unspecified atom stereocenters. The lowest BCUT2D eigenvalue weighted by Gasteiger charge is -2.30. The predicted molar refractivity (Wildman–Crippen MR) is 82.5 cm³/mol. The maximum atomic E-state index is 12.6. The first-order valence-corrected chi connectivity index (χ1v) is 9.19. The molecule has 1 aliphatic rings. The van der Waals surface area contributed by atoms with Gasteiger partial charge in [0.2, 0.25) is 10.0 Å². The summed E-state index contributed by atoms with van der Waals surface area (Å²) < 4.78 is 28.5. The Kier molecular flexibility index (Phi) is 5.78. The van der Waals surface area contributed by atoms with Crippen molar-refractivity contribution in [3.05, 3.63) is 12.4 Å². The van der Waals surface area contributed by atoms with E-state index in [1.807, 2.05) is 7.05 Å².